The molecule has 6 nitrogen and oxygen atoms in total. The molecular weight excluding hydrogens is 242 g/mol. The smallest absolute Gasteiger partial charge is 0.237 e. The second kappa shape index (κ2) is 6.13. The standard InChI is InChI=1S/C10H21N3O3S/c1-5-6-8(11)9(14)12-7-10(2,3)13-17(4,15)16/h5,8,13H,1,6-7,11H2,2-4H3,(H,12,14). The summed E-state index contributed by atoms with van der Waals surface area (Å²) in [6.07, 6.45) is 3.01. The van der Waals surface area contributed by atoms with Gasteiger partial charge in [-0.15, -0.1) is 6.58 Å². The Labute approximate surface area is 103 Å². The third-order valence-electron chi connectivity index (χ3n) is 1.92. The van der Waals surface area contributed by atoms with Gasteiger partial charge in [0.25, 0.3) is 0 Å². The van der Waals surface area contributed by atoms with Crippen LogP contribution < -0.4 is 15.8 Å². The van der Waals surface area contributed by atoms with Crippen molar-refractivity contribution >= 4 is 15.9 Å². The van der Waals surface area contributed by atoms with Crippen LogP contribution >= 0.6 is 0 Å². The van der Waals surface area contributed by atoms with Crippen molar-refractivity contribution in [2.24, 2.45) is 5.73 Å². The lowest BCUT2D eigenvalue weighted by Crippen LogP contribution is -2.53. The van der Waals surface area contributed by atoms with Gasteiger partial charge in [0.05, 0.1) is 12.3 Å². The minimum atomic E-state index is -3.31. The number of rotatable bonds is 7. The van der Waals surface area contributed by atoms with E-state index in [1.54, 1.807) is 19.9 Å². The van der Waals surface area contributed by atoms with E-state index < -0.39 is 21.6 Å². The summed E-state index contributed by atoms with van der Waals surface area (Å²) in [6.45, 7) is 7.01. The van der Waals surface area contributed by atoms with Crippen molar-refractivity contribution < 1.29 is 13.2 Å². The Kier molecular flexibility index (Phi) is 5.80. The summed E-state index contributed by atoms with van der Waals surface area (Å²) in [7, 11) is -3.31. The van der Waals surface area contributed by atoms with Crippen LogP contribution in [-0.2, 0) is 14.8 Å². The molecule has 1 atom stereocenters. The lowest BCUT2D eigenvalue weighted by Gasteiger charge is -2.25. The number of carbonyl (C=O) groups is 1. The highest BCUT2D eigenvalue weighted by Gasteiger charge is 2.23. The van der Waals surface area contributed by atoms with Crippen LogP contribution in [0, 0.1) is 0 Å². The number of nitrogens with one attached hydrogen (secondary N) is 2. The lowest BCUT2D eigenvalue weighted by atomic mass is 10.1. The summed E-state index contributed by atoms with van der Waals surface area (Å²) in [4.78, 5) is 11.5. The second-order valence-corrected chi connectivity index (χ2v) is 6.36. The maximum absolute atomic E-state index is 11.5. The van der Waals surface area contributed by atoms with Crippen LogP contribution in [0.15, 0.2) is 12.7 Å². The van der Waals surface area contributed by atoms with E-state index in [4.69, 9.17) is 5.73 Å². The molecule has 0 aromatic heterocycles. The van der Waals surface area contributed by atoms with E-state index in [-0.39, 0.29) is 12.5 Å². The van der Waals surface area contributed by atoms with Crippen LogP contribution in [0.1, 0.15) is 20.3 Å². The first-order valence-electron chi connectivity index (χ1n) is 5.20. The molecule has 17 heavy (non-hydrogen) atoms. The number of carbonyl (C=O) groups excluding carboxylic acids is 1. The van der Waals surface area contributed by atoms with Gasteiger partial charge in [0.15, 0.2) is 0 Å². The topological polar surface area (TPSA) is 101 Å². The van der Waals surface area contributed by atoms with Crippen molar-refractivity contribution in [1.82, 2.24) is 10.0 Å². The van der Waals surface area contributed by atoms with E-state index in [0.717, 1.165) is 6.26 Å². The molecule has 0 bridgehead atoms. The first-order valence-corrected chi connectivity index (χ1v) is 7.10. The summed E-state index contributed by atoms with van der Waals surface area (Å²) in [5.41, 5.74) is 4.81. The molecule has 0 aliphatic carbocycles. The number of hydrogen-bond donors (Lipinski definition) is 3. The highest BCUT2D eigenvalue weighted by atomic mass is 32.2. The van der Waals surface area contributed by atoms with Crippen LogP contribution in [0.25, 0.3) is 0 Å². The number of sulfonamides is 1. The molecule has 0 saturated heterocycles. The molecule has 0 aromatic carbocycles. The van der Waals surface area contributed by atoms with E-state index in [9.17, 15) is 13.2 Å². The van der Waals surface area contributed by atoms with Crippen LogP contribution in [0.5, 0.6) is 0 Å². The van der Waals surface area contributed by atoms with Crippen molar-refractivity contribution in [3.63, 3.8) is 0 Å². The average Bonchev–Trinajstić information content (AvgIpc) is 2.10. The molecule has 100 valence electrons. The predicted octanol–water partition coefficient (Wildman–Crippen LogP) is -0.666. The minimum absolute atomic E-state index is 0.170. The van der Waals surface area contributed by atoms with Gasteiger partial charge < -0.3 is 11.1 Å². The van der Waals surface area contributed by atoms with Crippen molar-refractivity contribution in [3.05, 3.63) is 12.7 Å². The zero-order valence-electron chi connectivity index (χ0n) is 10.5. The Hall–Kier alpha value is -0.920. The van der Waals surface area contributed by atoms with Crippen LogP contribution in [0.3, 0.4) is 0 Å². The quantitative estimate of drug-likeness (QED) is 0.530. The van der Waals surface area contributed by atoms with Crippen molar-refractivity contribution in [3.8, 4) is 0 Å². The predicted molar refractivity (Wildman–Crippen MR) is 67.9 cm³/mol. The average molecular weight is 263 g/mol. The van der Waals surface area contributed by atoms with Gasteiger partial charge in [0, 0.05) is 12.1 Å². The monoisotopic (exact) mass is 263 g/mol. The highest BCUT2D eigenvalue weighted by molar-refractivity contribution is 7.88. The van der Waals surface area contributed by atoms with Gasteiger partial charge in [-0.25, -0.2) is 13.1 Å². The van der Waals surface area contributed by atoms with Gasteiger partial charge in [-0.3, -0.25) is 4.79 Å². The van der Waals surface area contributed by atoms with Crippen LogP contribution in [0.2, 0.25) is 0 Å². The fourth-order valence-electron chi connectivity index (χ4n) is 1.26. The summed E-state index contributed by atoms with van der Waals surface area (Å²) >= 11 is 0. The molecule has 7 heteroatoms. The van der Waals surface area contributed by atoms with Gasteiger partial charge in [0.2, 0.25) is 15.9 Å². The Morgan fingerprint density at radius 3 is 2.47 bits per heavy atom. The molecule has 0 radical (unpaired) electrons. The SMILES string of the molecule is C=CCC(N)C(=O)NCC(C)(C)NS(C)(=O)=O. The third-order valence-corrected chi connectivity index (χ3v) is 2.85. The number of amides is 1. The Morgan fingerprint density at radius 2 is 2.06 bits per heavy atom. The maximum Gasteiger partial charge on any atom is 0.237 e. The second-order valence-electron chi connectivity index (χ2n) is 4.61. The number of nitrogens with two attached hydrogens (primary N) is 1. The molecule has 0 spiro atoms. The molecule has 0 aromatic rings. The maximum atomic E-state index is 11.5. The lowest BCUT2D eigenvalue weighted by molar-refractivity contribution is -0.122. The molecule has 1 unspecified atom stereocenters. The van der Waals surface area contributed by atoms with E-state index in [0.29, 0.717) is 6.42 Å². The molecule has 0 aliphatic rings. The molecular formula is C10H21N3O3S. The molecule has 0 heterocycles. The normalized spacial score (nSPS) is 14.1. The fourth-order valence-corrected chi connectivity index (χ4v) is 2.34. The Bertz CT molecular complexity index is 376. The van der Waals surface area contributed by atoms with E-state index >= 15 is 0 Å². The largest absolute Gasteiger partial charge is 0.353 e. The molecule has 0 saturated carbocycles. The van der Waals surface area contributed by atoms with E-state index in [2.05, 4.69) is 16.6 Å². The third kappa shape index (κ3) is 7.89. The van der Waals surface area contributed by atoms with Gasteiger partial charge in [0.1, 0.15) is 0 Å². The zero-order chi connectivity index (χ0) is 13.7. The molecule has 0 rings (SSSR count). The fraction of sp³-hybridized carbons (Fsp3) is 0.700. The van der Waals surface area contributed by atoms with E-state index in [1.807, 2.05) is 0 Å². The summed E-state index contributed by atoms with van der Waals surface area (Å²) < 4.78 is 24.6. The zero-order valence-corrected chi connectivity index (χ0v) is 11.3. The van der Waals surface area contributed by atoms with Gasteiger partial charge in [-0.05, 0) is 20.3 Å². The van der Waals surface area contributed by atoms with Crippen molar-refractivity contribution in [1.29, 1.82) is 0 Å². The van der Waals surface area contributed by atoms with E-state index in [1.165, 1.54) is 0 Å². The first-order chi connectivity index (χ1) is 7.57. The van der Waals surface area contributed by atoms with Gasteiger partial charge >= 0.3 is 0 Å². The van der Waals surface area contributed by atoms with Crippen molar-refractivity contribution in [2.75, 3.05) is 12.8 Å². The van der Waals surface area contributed by atoms with Crippen molar-refractivity contribution in [2.45, 2.75) is 31.8 Å². The first kappa shape index (κ1) is 16.1. The van der Waals surface area contributed by atoms with Crippen LogP contribution in [-0.4, -0.2) is 38.7 Å². The Morgan fingerprint density at radius 1 is 1.53 bits per heavy atom. The summed E-state index contributed by atoms with van der Waals surface area (Å²) in [5, 5.41) is 2.59. The highest BCUT2D eigenvalue weighted by Crippen LogP contribution is 2.02. The minimum Gasteiger partial charge on any atom is -0.353 e. The van der Waals surface area contributed by atoms with Gasteiger partial charge in [-0.2, -0.15) is 0 Å². The molecule has 0 fully saturated rings. The number of hydrogen-bond acceptors (Lipinski definition) is 4. The van der Waals surface area contributed by atoms with Gasteiger partial charge in [-0.1, -0.05) is 6.08 Å². The summed E-state index contributed by atoms with van der Waals surface area (Å²) in [5.74, 6) is -0.326. The molecule has 4 N–H and O–H groups in total. The Balaban J connectivity index is 4.27. The summed E-state index contributed by atoms with van der Waals surface area (Å²) in [6, 6.07) is -0.651. The molecule has 0 aliphatic heterocycles. The van der Waals surface area contributed by atoms with Crippen LogP contribution in [0.4, 0.5) is 0 Å². The molecule has 1 amide bonds.